The molecule has 2 aromatic carbocycles. The fourth-order valence-electron chi connectivity index (χ4n) is 3.62. The number of rotatable bonds is 7. The number of carbonyl (C=O) groups is 3. The first-order valence-electron chi connectivity index (χ1n) is 10.4. The predicted octanol–water partition coefficient (Wildman–Crippen LogP) is 2.91. The molecule has 0 unspecified atom stereocenters. The van der Waals surface area contributed by atoms with Gasteiger partial charge in [-0.05, 0) is 44.0 Å². The van der Waals surface area contributed by atoms with Gasteiger partial charge in [-0.3, -0.25) is 15.0 Å². The van der Waals surface area contributed by atoms with Crippen LogP contribution in [0.1, 0.15) is 35.1 Å². The van der Waals surface area contributed by atoms with Crippen molar-refractivity contribution in [2.45, 2.75) is 39.3 Å². The maximum Gasteiger partial charge on any atom is 0.344 e. The third-order valence-corrected chi connectivity index (χ3v) is 5.63. The Morgan fingerprint density at radius 1 is 1.12 bits per heavy atom. The Hall–Kier alpha value is -4.14. The van der Waals surface area contributed by atoms with Gasteiger partial charge in [0.05, 0.1) is 17.7 Å². The Bertz CT molecular complexity index is 1170. The first-order chi connectivity index (χ1) is 15.8. The van der Waals surface area contributed by atoms with Crippen molar-refractivity contribution in [3.05, 3.63) is 82.7 Å². The highest BCUT2D eigenvalue weighted by molar-refractivity contribution is 6.08. The molecule has 4 rings (SSSR count). The van der Waals surface area contributed by atoms with Crippen molar-refractivity contribution in [1.82, 2.24) is 20.9 Å². The van der Waals surface area contributed by atoms with E-state index in [2.05, 4.69) is 15.9 Å². The molecule has 4 amide bonds. The van der Waals surface area contributed by atoms with Crippen LogP contribution in [-0.4, -0.2) is 28.0 Å². The predicted molar refractivity (Wildman–Crippen MR) is 118 cm³/mol. The quantitative estimate of drug-likeness (QED) is 0.537. The first-order valence-corrected chi connectivity index (χ1v) is 10.4. The fourth-order valence-corrected chi connectivity index (χ4v) is 3.62. The van der Waals surface area contributed by atoms with Gasteiger partial charge in [0.1, 0.15) is 23.7 Å². The summed E-state index contributed by atoms with van der Waals surface area (Å²) < 4.78 is 10.9. The fraction of sp³-hybridized carbons (Fsp3) is 0.250. The SMILES string of the molecule is Cc1noc(C)c1COc1ccc(CC(=O)NN2C(=O)N[C@](C)(c3ccccc3)C2=O)cc1. The lowest BCUT2D eigenvalue weighted by Crippen LogP contribution is -2.48. The Kier molecular flexibility index (Phi) is 5.87. The van der Waals surface area contributed by atoms with Gasteiger partial charge < -0.3 is 14.6 Å². The number of aryl methyl sites for hydroxylation is 2. The highest BCUT2D eigenvalue weighted by Gasteiger charge is 2.49. The van der Waals surface area contributed by atoms with E-state index in [1.54, 1.807) is 55.5 Å². The summed E-state index contributed by atoms with van der Waals surface area (Å²) in [6, 6.07) is 15.2. The van der Waals surface area contributed by atoms with Gasteiger partial charge in [-0.2, -0.15) is 5.01 Å². The molecule has 0 aliphatic carbocycles. The highest BCUT2D eigenvalue weighted by atomic mass is 16.5. The van der Waals surface area contributed by atoms with E-state index in [9.17, 15) is 14.4 Å². The Balaban J connectivity index is 1.35. The lowest BCUT2D eigenvalue weighted by atomic mass is 9.92. The smallest absolute Gasteiger partial charge is 0.344 e. The lowest BCUT2D eigenvalue weighted by Gasteiger charge is -2.22. The third kappa shape index (κ3) is 4.43. The summed E-state index contributed by atoms with van der Waals surface area (Å²) in [7, 11) is 0. The largest absolute Gasteiger partial charge is 0.489 e. The minimum Gasteiger partial charge on any atom is -0.489 e. The Labute approximate surface area is 190 Å². The van der Waals surface area contributed by atoms with E-state index in [1.165, 1.54) is 0 Å². The minimum absolute atomic E-state index is 0.0107. The summed E-state index contributed by atoms with van der Waals surface area (Å²) >= 11 is 0. The minimum atomic E-state index is -1.24. The van der Waals surface area contributed by atoms with Gasteiger partial charge in [-0.15, -0.1) is 0 Å². The maximum absolute atomic E-state index is 12.9. The number of imide groups is 1. The molecule has 2 heterocycles. The standard InChI is InChI=1S/C24H24N4O5/c1-15-20(16(2)33-27-15)14-32-19-11-9-17(10-12-19)13-21(29)26-28-22(30)24(3,25-23(28)31)18-7-5-4-6-8-18/h4-12H,13-14H2,1-3H3,(H,25,31)(H,26,29)/t24-/m1/s1. The number of hydrogen-bond donors (Lipinski definition) is 2. The number of hydrazine groups is 1. The van der Waals surface area contributed by atoms with Gasteiger partial charge in [0.15, 0.2) is 0 Å². The molecule has 0 bridgehead atoms. The molecule has 1 atom stereocenters. The normalized spacial score (nSPS) is 17.7. The van der Waals surface area contributed by atoms with Crippen molar-refractivity contribution in [2.75, 3.05) is 0 Å². The van der Waals surface area contributed by atoms with Crippen LogP contribution in [-0.2, 0) is 28.2 Å². The second kappa shape index (κ2) is 8.78. The molecule has 1 aromatic heterocycles. The summed E-state index contributed by atoms with van der Waals surface area (Å²) in [4.78, 5) is 37.8. The van der Waals surface area contributed by atoms with E-state index in [4.69, 9.17) is 9.26 Å². The molecule has 3 aromatic rings. The Morgan fingerprint density at radius 2 is 1.82 bits per heavy atom. The second-order valence-electron chi connectivity index (χ2n) is 8.01. The van der Waals surface area contributed by atoms with Crippen molar-refractivity contribution in [2.24, 2.45) is 0 Å². The van der Waals surface area contributed by atoms with Gasteiger partial charge in [0.2, 0.25) is 5.91 Å². The average Bonchev–Trinajstić information content (AvgIpc) is 3.24. The molecule has 0 radical (unpaired) electrons. The monoisotopic (exact) mass is 448 g/mol. The summed E-state index contributed by atoms with van der Waals surface area (Å²) in [5.41, 5.74) is 4.18. The van der Waals surface area contributed by atoms with Crippen molar-refractivity contribution in [3.8, 4) is 5.75 Å². The van der Waals surface area contributed by atoms with E-state index >= 15 is 0 Å². The van der Waals surface area contributed by atoms with E-state index in [0.29, 0.717) is 29.2 Å². The molecule has 9 nitrogen and oxygen atoms in total. The number of hydrogen-bond acceptors (Lipinski definition) is 6. The third-order valence-electron chi connectivity index (χ3n) is 5.63. The lowest BCUT2D eigenvalue weighted by molar-refractivity contribution is -0.138. The van der Waals surface area contributed by atoms with Crippen molar-refractivity contribution in [3.63, 3.8) is 0 Å². The van der Waals surface area contributed by atoms with Crippen LogP contribution in [0.3, 0.4) is 0 Å². The molecular weight excluding hydrogens is 424 g/mol. The molecule has 1 fully saturated rings. The number of carbonyl (C=O) groups excluding carboxylic acids is 3. The Morgan fingerprint density at radius 3 is 2.45 bits per heavy atom. The molecule has 1 aliphatic rings. The second-order valence-corrected chi connectivity index (χ2v) is 8.01. The van der Waals surface area contributed by atoms with Crippen LogP contribution in [0.2, 0.25) is 0 Å². The summed E-state index contributed by atoms with van der Waals surface area (Å²) in [6.45, 7) is 5.61. The summed E-state index contributed by atoms with van der Waals surface area (Å²) in [5.74, 6) is 0.312. The van der Waals surface area contributed by atoms with Crippen LogP contribution in [0.15, 0.2) is 59.1 Å². The van der Waals surface area contributed by atoms with Gasteiger partial charge in [0, 0.05) is 0 Å². The number of aromatic nitrogens is 1. The van der Waals surface area contributed by atoms with E-state index in [1.807, 2.05) is 19.9 Å². The molecule has 9 heteroatoms. The van der Waals surface area contributed by atoms with Crippen molar-refractivity contribution in [1.29, 1.82) is 0 Å². The van der Waals surface area contributed by atoms with E-state index < -0.39 is 23.4 Å². The highest BCUT2D eigenvalue weighted by Crippen LogP contribution is 2.27. The van der Waals surface area contributed by atoms with Gasteiger partial charge in [-0.25, -0.2) is 4.79 Å². The van der Waals surface area contributed by atoms with Crippen molar-refractivity contribution >= 4 is 17.8 Å². The van der Waals surface area contributed by atoms with E-state index in [0.717, 1.165) is 16.3 Å². The number of benzene rings is 2. The van der Waals surface area contributed by atoms with Gasteiger partial charge >= 0.3 is 6.03 Å². The van der Waals surface area contributed by atoms with Crippen LogP contribution in [0.25, 0.3) is 0 Å². The van der Waals surface area contributed by atoms with E-state index in [-0.39, 0.29) is 6.42 Å². The van der Waals surface area contributed by atoms with Gasteiger partial charge in [-0.1, -0.05) is 47.6 Å². The zero-order valence-electron chi connectivity index (χ0n) is 18.5. The molecule has 2 N–H and O–H groups in total. The zero-order valence-corrected chi connectivity index (χ0v) is 18.5. The first kappa shape index (κ1) is 22.1. The number of ether oxygens (including phenoxy) is 1. The maximum atomic E-state index is 12.9. The molecule has 1 aliphatic heterocycles. The summed E-state index contributed by atoms with van der Waals surface area (Å²) in [6.07, 6.45) is -0.0107. The molecule has 0 saturated carbocycles. The summed E-state index contributed by atoms with van der Waals surface area (Å²) in [5, 5.41) is 7.28. The molecule has 1 saturated heterocycles. The number of urea groups is 1. The van der Waals surface area contributed by atoms with Crippen LogP contribution < -0.4 is 15.5 Å². The molecular formula is C24H24N4O5. The number of nitrogens with zero attached hydrogens (tertiary/aromatic N) is 2. The van der Waals surface area contributed by atoms with Crippen LogP contribution in [0.5, 0.6) is 5.75 Å². The molecule has 170 valence electrons. The van der Waals surface area contributed by atoms with Crippen LogP contribution in [0.4, 0.5) is 4.79 Å². The van der Waals surface area contributed by atoms with Crippen molar-refractivity contribution < 1.29 is 23.6 Å². The van der Waals surface area contributed by atoms with Crippen LogP contribution in [0, 0.1) is 13.8 Å². The molecule has 0 spiro atoms. The number of nitrogens with one attached hydrogen (secondary N) is 2. The zero-order chi connectivity index (χ0) is 23.6. The van der Waals surface area contributed by atoms with Crippen LogP contribution >= 0.6 is 0 Å². The average molecular weight is 448 g/mol. The van der Waals surface area contributed by atoms with Gasteiger partial charge in [0.25, 0.3) is 5.91 Å². The topological polar surface area (TPSA) is 114 Å². The number of amides is 4. The molecule has 33 heavy (non-hydrogen) atoms.